The lowest BCUT2D eigenvalue weighted by Crippen LogP contribution is -2.33. The number of nitrogens with two attached hydrogens (primary N) is 1. The zero-order valence-corrected chi connectivity index (χ0v) is 11.2. The van der Waals surface area contributed by atoms with E-state index in [4.69, 9.17) is 5.84 Å². The van der Waals surface area contributed by atoms with E-state index in [-0.39, 0.29) is 5.91 Å². The Bertz CT molecular complexity index is 227. The van der Waals surface area contributed by atoms with Crippen LogP contribution in [0.25, 0.3) is 0 Å². The first-order valence-corrected chi connectivity index (χ1v) is 6.87. The second-order valence-corrected chi connectivity index (χ2v) is 5.41. The molecule has 4 heteroatoms. The molecule has 17 heavy (non-hydrogen) atoms. The van der Waals surface area contributed by atoms with Crippen molar-refractivity contribution >= 4 is 5.91 Å². The van der Waals surface area contributed by atoms with Gasteiger partial charge >= 0.3 is 0 Å². The highest BCUT2D eigenvalue weighted by Crippen LogP contribution is 2.30. The van der Waals surface area contributed by atoms with E-state index < -0.39 is 0 Å². The quantitative estimate of drug-likeness (QED) is 0.279. The average molecular weight is 241 g/mol. The molecule has 0 unspecified atom stereocenters. The van der Waals surface area contributed by atoms with Gasteiger partial charge in [0.25, 0.3) is 0 Å². The lowest BCUT2D eigenvalue weighted by molar-refractivity contribution is -0.121. The summed E-state index contributed by atoms with van der Waals surface area (Å²) in [6, 6.07) is 0.642. The van der Waals surface area contributed by atoms with Gasteiger partial charge in [-0.15, -0.1) is 0 Å². The summed E-state index contributed by atoms with van der Waals surface area (Å²) < 4.78 is 0. The molecule has 0 spiro atoms. The van der Waals surface area contributed by atoms with Gasteiger partial charge in [0.1, 0.15) is 0 Å². The van der Waals surface area contributed by atoms with E-state index in [1.54, 1.807) is 0 Å². The average Bonchev–Trinajstić information content (AvgIpc) is 3.10. The maximum atomic E-state index is 10.9. The molecule has 0 aromatic heterocycles. The zero-order valence-electron chi connectivity index (χ0n) is 11.2. The van der Waals surface area contributed by atoms with Crippen molar-refractivity contribution in [3.63, 3.8) is 0 Å². The molecule has 0 radical (unpaired) electrons. The van der Waals surface area contributed by atoms with E-state index in [0.717, 1.165) is 18.8 Å². The van der Waals surface area contributed by atoms with Gasteiger partial charge in [-0.2, -0.15) is 0 Å². The summed E-state index contributed by atoms with van der Waals surface area (Å²) in [7, 11) is 0. The molecule has 0 atom stereocenters. The summed E-state index contributed by atoms with van der Waals surface area (Å²) >= 11 is 0. The van der Waals surface area contributed by atoms with E-state index in [2.05, 4.69) is 24.2 Å². The van der Waals surface area contributed by atoms with Gasteiger partial charge in [0, 0.05) is 19.0 Å². The number of carbonyl (C=O) groups is 1. The van der Waals surface area contributed by atoms with Crippen LogP contribution in [0.4, 0.5) is 0 Å². The van der Waals surface area contributed by atoms with E-state index in [9.17, 15) is 4.79 Å². The zero-order chi connectivity index (χ0) is 12.7. The summed E-state index contributed by atoms with van der Waals surface area (Å²) in [6.45, 7) is 6.97. The van der Waals surface area contributed by atoms with Gasteiger partial charge in [-0.3, -0.25) is 10.2 Å². The van der Waals surface area contributed by atoms with Gasteiger partial charge in [0.15, 0.2) is 0 Å². The Balaban J connectivity index is 2.03. The van der Waals surface area contributed by atoms with Crippen LogP contribution >= 0.6 is 0 Å². The van der Waals surface area contributed by atoms with E-state index in [1.165, 1.54) is 32.4 Å². The fourth-order valence-corrected chi connectivity index (χ4v) is 2.04. The third-order valence-electron chi connectivity index (χ3n) is 3.43. The third kappa shape index (κ3) is 6.64. The van der Waals surface area contributed by atoms with Crippen molar-refractivity contribution < 1.29 is 4.79 Å². The molecule has 0 aliphatic heterocycles. The molecule has 1 rings (SSSR count). The van der Waals surface area contributed by atoms with Gasteiger partial charge in [-0.05, 0) is 52.0 Å². The maximum absolute atomic E-state index is 10.9. The Morgan fingerprint density at radius 2 is 2.06 bits per heavy atom. The van der Waals surface area contributed by atoms with Crippen molar-refractivity contribution in [2.24, 2.45) is 11.8 Å². The minimum Gasteiger partial charge on any atom is -0.301 e. The predicted molar refractivity (Wildman–Crippen MR) is 70.2 cm³/mol. The molecule has 1 amide bonds. The number of hydrazine groups is 1. The molecule has 0 bridgehead atoms. The number of hydrogen-bond acceptors (Lipinski definition) is 3. The second kappa shape index (κ2) is 7.67. The molecule has 1 aliphatic carbocycles. The largest absolute Gasteiger partial charge is 0.301 e. The van der Waals surface area contributed by atoms with Gasteiger partial charge < -0.3 is 4.90 Å². The first kappa shape index (κ1) is 14.5. The molecule has 0 saturated heterocycles. The van der Waals surface area contributed by atoms with Crippen LogP contribution in [0, 0.1) is 5.92 Å². The fourth-order valence-electron chi connectivity index (χ4n) is 2.04. The Morgan fingerprint density at radius 1 is 1.35 bits per heavy atom. The molecule has 100 valence electrons. The molecular weight excluding hydrogens is 214 g/mol. The van der Waals surface area contributed by atoms with E-state index in [0.29, 0.717) is 12.5 Å². The molecule has 0 aromatic carbocycles. The second-order valence-electron chi connectivity index (χ2n) is 5.41. The van der Waals surface area contributed by atoms with Gasteiger partial charge in [0.05, 0.1) is 0 Å². The molecule has 3 N–H and O–H groups in total. The number of amides is 1. The van der Waals surface area contributed by atoms with Crippen molar-refractivity contribution in [3.05, 3.63) is 0 Å². The number of unbranched alkanes of at least 4 members (excludes halogenated alkanes) is 2. The van der Waals surface area contributed by atoms with Gasteiger partial charge in [-0.25, -0.2) is 5.84 Å². The predicted octanol–water partition coefficient (Wildman–Crippen LogP) is 1.66. The van der Waals surface area contributed by atoms with Crippen molar-refractivity contribution in [2.75, 3.05) is 13.1 Å². The first-order valence-electron chi connectivity index (χ1n) is 6.87. The summed E-state index contributed by atoms with van der Waals surface area (Å²) in [5.74, 6) is 5.94. The SMILES string of the molecule is CC(C)N(CCCCCC(=O)NN)CC1CC1. The minimum absolute atomic E-state index is 0.0521. The first-order chi connectivity index (χ1) is 8.13. The topological polar surface area (TPSA) is 58.4 Å². The standard InChI is InChI=1S/C13H27N3O/c1-11(2)16(10-12-7-8-12)9-5-3-4-6-13(17)15-14/h11-12H,3-10,14H2,1-2H3,(H,15,17). The summed E-state index contributed by atoms with van der Waals surface area (Å²) in [5, 5.41) is 0. The Kier molecular flexibility index (Phi) is 6.52. The Hall–Kier alpha value is -0.610. The smallest absolute Gasteiger partial charge is 0.233 e. The maximum Gasteiger partial charge on any atom is 0.233 e. The van der Waals surface area contributed by atoms with Crippen LogP contribution in [0.2, 0.25) is 0 Å². The monoisotopic (exact) mass is 241 g/mol. The molecule has 4 nitrogen and oxygen atoms in total. The number of nitrogens with one attached hydrogen (secondary N) is 1. The Labute approximate surface area is 105 Å². The van der Waals surface area contributed by atoms with Crippen LogP contribution in [-0.4, -0.2) is 29.9 Å². The van der Waals surface area contributed by atoms with Crippen LogP contribution in [0.1, 0.15) is 52.4 Å². The van der Waals surface area contributed by atoms with Gasteiger partial charge in [-0.1, -0.05) is 6.42 Å². The molecule has 0 aromatic rings. The van der Waals surface area contributed by atoms with Crippen molar-refractivity contribution in [3.8, 4) is 0 Å². The van der Waals surface area contributed by atoms with Gasteiger partial charge in [0.2, 0.25) is 5.91 Å². The van der Waals surface area contributed by atoms with E-state index >= 15 is 0 Å². The fraction of sp³-hybridized carbons (Fsp3) is 0.923. The molecule has 0 heterocycles. The summed E-state index contributed by atoms with van der Waals surface area (Å²) in [5.41, 5.74) is 2.17. The normalized spacial score (nSPS) is 15.6. The van der Waals surface area contributed by atoms with Crippen LogP contribution in [0.3, 0.4) is 0 Å². The third-order valence-corrected chi connectivity index (χ3v) is 3.43. The lowest BCUT2D eigenvalue weighted by Gasteiger charge is -2.26. The molecule has 1 saturated carbocycles. The van der Waals surface area contributed by atoms with Crippen molar-refractivity contribution in [1.82, 2.24) is 10.3 Å². The summed E-state index contributed by atoms with van der Waals surface area (Å²) in [6.07, 6.45) is 6.63. The van der Waals surface area contributed by atoms with Crippen molar-refractivity contribution in [1.29, 1.82) is 0 Å². The highest BCUT2D eigenvalue weighted by molar-refractivity contribution is 5.74. The van der Waals surface area contributed by atoms with Crippen LogP contribution in [0.15, 0.2) is 0 Å². The number of rotatable bonds is 9. The molecular formula is C13H27N3O. The Morgan fingerprint density at radius 3 is 2.59 bits per heavy atom. The van der Waals surface area contributed by atoms with Crippen LogP contribution < -0.4 is 11.3 Å². The number of hydrogen-bond donors (Lipinski definition) is 2. The van der Waals surface area contributed by atoms with Crippen LogP contribution in [0.5, 0.6) is 0 Å². The molecule has 1 aliphatic rings. The molecule has 1 fully saturated rings. The summed E-state index contributed by atoms with van der Waals surface area (Å²) in [4.78, 5) is 13.5. The van der Waals surface area contributed by atoms with Crippen molar-refractivity contribution in [2.45, 2.75) is 58.4 Å². The number of nitrogens with zero attached hydrogens (tertiary/aromatic N) is 1. The number of carbonyl (C=O) groups excluding carboxylic acids is 1. The van der Waals surface area contributed by atoms with E-state index in [1.807, 2.05) is 0 Å². The highest BCUT2D eigenvalue weighted by Gasteiger charge is 2.24. The highest BCUT2D eigenvalue weighted by atomic mass is 16.2. The lowest BCUT2D eigenvalue weighted by atomic mass is 10.1. The minimum atomic E-state index is -0.0521. The van der Waals surface area contributed by atoms with Crippen LogP contribution in [-0.2, 0) is 4.79 Å².